The van der Waals surface area contributed by atoms with Gasteiger partial charge in [-0.3, -0.25) is 9.48 Å². The summed E-state index contributed by atoms with van der Waals surface area (Å²) in [7, 11) is 1.87. The fourth-order valence-electron chi connectivity index (χ4n) is 3.79. The molecule has 26 heavy (non-hydrogen) atoms. The second-order valence-corrected chi connectivity index (χ2v) is 7.82. The van der Waals surface area contributed by atoms with Gasteiger partial charge < -0.3 is 9.80 Å². The SMILES string of the molecule is Cc1ccccc1N1CCN(C(=O)c2cc(CC(C)C)nn2C)[C@@H](C)C1. The number of hydrogen-bond acceptors (Lipinski definition) is 3. The van der Waals surface area contributed by atoms with E-state index in [4.69, 9.17) is 0 Å². The molecule has 0 aliphatic carbocycles. The Hall–Kier alpha value is -2.30. The van der Waals surface area contributed by atoms with E-state index in [-0.39, 0.29) is 11.9 Å². The molecule has 0 unspecified atom stereocenters. The van der Waals surface area contributed by atoms with Crippen LogP contribution in [0.2, 0.25) is 0 Å². The maximum atomic E-state index is 13.1. The van der Waals surface area contributed by atoms with Crippen LogP contribution in [-0.4, -0.2) is 46.3 Å². The molecule has 1 atom stereocenters. The van der Waals surface area contributed by atoms with Crippen molar-refractivity contribution in [3.05, 3.63) is 47.3 Å². The van der Waals surface area contributed by atoms with E-state index < -0.39 is 0 Å². The van der Waals surface area contributed by atoms with Crippen LogP contribution in [0.3, 0.4) is 0 Å². The van der Waals surface area contributed by atoms with Crippen LogP contribution < -0.4 is 4.90 Å². The molecule has 0 spiro atoms. The molecular formula is C21H30N4O. The Bertz CT molecular complexity index is 780. The molecule has 5 heteroatoms. The van der Waals surface area contributed by atoms with Crippen molar-refractivity contribution in [1.29, 1.82) is 0 Å². The summed E-state index contributed by atoms with van der Waals surface area (Å²) in [5.41, 5.74) is 4.24. The molecule has 1 aromatic heterocycles. The fourth-order valence-corrected chi connectivity index (χ4v) is 3.79. The summed E-state index contributed by atoms with van der Waals surface area (Å²) < 4.78 is 1.74. The van der Waals surface area contributed by atoms with Gasteiger partial charge in [-0.05, 0) is 43.9 Å². The molecule has 2 heterocycles. The molecule has 0 N–H and O–H groups in total. The molecule has 1 aromatic carbocycles. The number of piperazine rings is 1. The van der Waals surface area contributed by atoms with E-state index in [9.17, 15) is 4.79 Å². The van der Waals surface area contributed by atoms with Crippen LogP contribution >= 0.6 is 0 Å². The van der Waals surface area contributed by atoms with Crippen LogP contribution in [0.5, 0.6) is 0 Å². The Morgan fingerprint density at radius 1 is 1.27 bits per heavy atom. The molecular weight excluding hydrogens is 324 g/mol. The minimum Gasteiger partial charge on any atom is -0.367 e. The lowest BCUT2D eigenvalue weighted by Crippen LogP contribution is -2.54. The number of hydrogen-bond donors (Lipinski definition) is 0. The first-order valence-corrected chi connectivity index (χ1v) is 9.51. The van der Waals surface area contributed by atoms with Crippen LogP contribution in [0.1, 0.15) is 42.5 Å². The van der Waals surface area contributed by atoms with Crippen molar-refractivity contribution in [1.82, 2.24) is 14.7 Å². The summed E-state index contributed by atoms with van der Waals surface area (Å²) in [6.07, 6.45) is 0.901. The average Bonchev–Trinajstić information content (AvgIpc) is 2.94. The van der Waals surface area contributed by atoms with Crippen molar-refractivity contribution >= 4 is 11.6 Å². The summed E-state index contributed by atoms with van der Waals surface area (Å²) in [4.78, 5) is 17.5. The Kier molecular flexibility index (Phi) is 5.35. The number of para-hydroxylation sites is 1. The van der Waals surface area contributed by atoms with Gasteiger partial charge in [0, 0.05) is 38.4 Å². The first-order valence-electron chi connectivity index (χ1n) is 9.51. The molecule has 0 radical (unpaired) electrons. The summed E-state index contributed by atoms with van der Waals surface area (Å²) >= 11 is 0. The molecule has 5 nitrogen and oxygen atoms in total. The minimum absolute atomic E-state index is 0.0898. The normalized spacial score (nSPS) is 17.8. The number of benzene rings is 1. The van der Waals surface area contributed by atoms with E-state index >= 15 is 0 Å². The lowest BCUT2D eigenvalue weighted by atomic mass is 10.1. The number of anilines is 1. The van der Waals surface area contributed by atoms with E-state index in [1.54, 1.807) is 4.68 Å². The Morgan fingerprint density at radius 3 is 2.65 bits per heavy atom. The molecule has 3 rings (SSSR count). The molecule has 140 valence electrons. The molecule has 1 fully saturated rings. The third-order valence-corrected chi connectivity index (χ3v) is 5.11. The van der Waals surface area contributed by atoms with Gasteiger partial charge in [-0.25, -0.2) is 0 Å². The molecule has 2 aromatic rings. The lowest BCUT2D eigenvalue weighted by molar-refractivity contribution is 0.0663. The summed E-state index contributed by atoms with van der Waals surface area (Å²) in [5, 5.41) is 4.52. The number of rotatable bonds is 4. The standard InChI is InChI=1S/C21H30N4O/c1-15(2)12-18-13-20(23(5)22-18)21(26)25-11-10-24(14-17(25)4)19-9-7-6-8-16(19)3/h6-9,13,15,17H,10-12,14H2,1-5H3/t17-/m0/s1. The van der Waals surface area contributed by atoms with Gasteiger partial charge in [-0.15, -0.1) is 0 Å². The van der Waals surface area contributed by atoms with Crippen LogP contribution in [-0.2, 0) is 13.5 Å². The summed E-state index contributed by atoms with van der Waals surface area (Å²) in [6, 6.07) is 10.6. The van der Waals surface area contributed by atoms with Gasteiger partial charge >= 0.3 is 0 Å². The van der Waals surface area contributed by atoms with Crippen molar-refractivity contribution in [2.45, 2.75) is 40.2 Å². The van der Waals surface area contributed by atoms with Gasteiger partial charge in [0.25, 0.3) is 5.91 Å². The number of amides is 1. The highest BCUT2D eigenvalue weighted by Crippen LogP contribution is 2.24. The zero-order valence-corrected chi connectivity index (χ0v) is 16.6. The van der Waals surface area contributed by atoms with E-state index in [1.165, 1.54) is 11.3 Å². The molecule has 0 saturated carbocycles. The quantitative estimate of drug-likeness (QED) is 0.846. The third kappa shape index (κ3) is 3.76. The Balaban J connectivity index is 1.72. The largest absolute Gasteiger partial charge is 0.367 e. The zero-order chi connectivity index (χ0) is 18.8. The highest BCUT2D eigenvalue weighted by atomic mass is 16.2. The number of carbonyl (C=O) groups is 1. The Morgan fingerprint density at radius 2 is 2.00 bits per heavy atom. The van der Waals surface area contributed by atoms with Gasteiger partial charge in [0.2, 0.25) is 0 Å². The monoisotopic (exact) mass is 354 g/mol. The van der Waals surface area contributed by atoms with Gasteiger partial charge in [0.05, 0.1) is 5.69 Å². The summed E-state index contributed by atoms with van der Waals surface area (Å²) in [6.45, 7) is 11.1. The van der Waals surface area contributed by atoms with Gasteiger partial charge in [-0.1, -0.05) is 32.0 Å². The van der Waals surface area contributed by atoms with Gasteiger partial charge in [-0.2, -0.15) is 5.10 Å². The number of aryl methyl sites for hydroxylation is 2. The molecule has 0 bridgehead atoms. The predicted octanol–water partition coefficient (Wildman–Crippen LogP) is 3.28. The predicted molar refractivity (Wildman–Crippen MR) is 106 cm³/mol. The van der Waals surface area contributed by atoms with Crippen molar-refractivity contribution in [2.24, 2.45) is 13.0 Å². The summed E-state index contributed by atoms with van der Waals surface area (Å²) in [5.74, 6) is 0.622. The second-order valence-electron chi connectivity index (χ2n) is 7.82. The molecule has 1 amide bonds. The first kappa shape index (κ1) is 18.5. The molecule has 1 saturated heterocycles. The fraction of sp³-hybridized carbons (Fsp3) is 0.524. The van der Waals surface area contributed by atoms with Crippen LogP contribution in [0.25, 0.3) is 0 Å². The van der Waals surface area contributed by atoms with Crippen molar-refractivity contribution in [2.75, 3.05) is 24.5 Å². The van der Waals surface area contributed by atoms with E-state index in [2.05, 4.69) is 62.0 Å². The molecule has 1 aliphatic rings. The third-order valence-electron chi connectivity index (χ3n) is 5.11. The van der Waals surface area contributed by atoms with E-state index in [0.29, 0.717) is 11.6 Å². The van der Waals surface area contributed by atoms with E-state index in [0.717, 1.165) is 31.7 Å². The molecule has 1 aliphatic heterocycles. The van der Waals surface area contributed by atoms with E-state index in [1.807, 2.05) is 18.0 Å². The van der Waals surface area contributed by atoms with Crippen LogP contribution in [0.4, 0.5) is 5.69 Å². The van der Waals surface area contributed by atoms with Crippen LogP contribution in [0, 0.1) is 12.8 Å². The highest BCUT2D eigenvalue weighted by Gasteiger charge is 2.30. The van der Waals surface area contributed by atoms with Gasteiger partial charge in [0.1, 0.15) is 5.69 Å². The topological polar surface area (TPSA) is 41.4 Å². The van der Waals surface area contributed by atoms with Crippen LogP contribution in [0.15, 0.2) is 30.3 Å². The maximum Gasteiger partial charge on any atom is 0.272 e. The van der Waals surface area contributed by atoms with Crippen molar-refractivity contribution in [3.63, 3.8) is 0 Å². The Labute approximate surface area is 156 Å². The smallest absolute Gasteiger partial charge is 0.272 e. The van der Waals surface area contributed by atoms with Gasteiger partial charge in [0.15, 0.2) is 0 Å². The maximum absolute atomic E-state index is 13.1. The first-order chi connectivity index (χ1) is 12.4. The average molecular weight is 354 g/mol. The number of carbonyl (C=O) groups excluding carboxylic acids is 1. The number of nitrogens with zero attached hydrogens (tertiary/aromatic N) is 4. The van der Waals surface area contributed by atoms with Crippen molar-refractivity contribution in [3.8, 4) is 0 Å². The zero-order valence-electron chi connectivity index (χ0n) is 16.6. The highest BCUT2D eigenvalue weighted by molar-refractivity contribution is 5.93. The minimum atomic E-state index is 0.0898. The second kappa shape index (κ2) is 7.52. The number of aromatic nitrogens is 2. The van der Waals surface area contributed by atoms with Crippen molar-refractivity contribution < 1.29 is 4.79 Å². The lowest BCUT2D eigenvalue weighted by Gasteiger charge is -2.41.